The molecule has 0 aliphatic heterocycles. The lowest BCUT2D eigenvalue weighted by molar-refractivity contribution is 0.208. The van der Waals surface area contributed by atoms with Crippen LogP contribution in [0.15, 0.2) is 0 Å². The molecule has 4 nitrogen and oxygen atoms in total. The molecule has 0 spiro atoms. The normalized spacial score (nSPS) is 16.8. The summed E-state index contributed by atoms with van der Waals surface area (Å²) in [5.74, 6) is 0.404. The van der Waals surface area contributed by atoms with Gasteiger partial charge in [0.1, 0.15) is 11.7 Å². The van der Waals surface area contributed by atoms with E-state index in [1.165, 1.54) is 21.6 Å². The van der Waals surface area contributed by atoms with Gasteiger partial charge < -0.3 is 21.7 Å². The van der Waals surface area contributed by atoms with E-state index in [0.717, 1.165) is 0 Å². The standard InChI is InChI=1S/C4H12N2O2S2/c5-1-4(8)10-9-2-3(6)7/h3-4,7-8H,1-2,5-6H2. The molecule has 0 heterocycles. The first-order chi connectivity index (χ1) is 4.66. The van der Waals surface area contributed by atoms with Gasteiger partial charge in [0, 0.05) is 12.3 Å². The van der Waals surface area contributed by atoms with Gasteiger partial charge in [-0.3, -0.25) is 0 Å². The fourth-order valence-electron chi connectivity index (χ4n) is 0.227. The maximum atomic E-state index is 8.87. The molecule has 0 bridgehead atoms. The number of aliphatic hydroxyl groups is 2. The summed E-state index contributed by atoms with van der Waals surface area (Å²) in [6.45, 7) is 0.221. The average Bonchev–Trinajstić information content (AvgIpc) is 1.87. The third kappa shape index (κ3) is 6.66. The SMILES string of the molecule is NCC(O)SSCC(N)O. The van der Waals surface area contributed by atoms with E-state index in [4.69, 9.17) is 21.7 Å². The van der Waals surface area contributed by atoms with Crippen LogP contribution in [0.1, 0.15) is 0 Å². The van der Waals surface area contributed by atoms with Crippen LogP contribution < -0.4 is 11.5 Å². The van der Waals surface area contributed by atoms with E-state index >= 15 is 0 Å². The predicted molar refractivity (Wildman–Crippen MR) is 45.3 cm³/mol. The van der Waals surface area contributed by atoms with Crippen molar-refractivity contribution >= 4 is 21.6 Å². The van der Waals surface area contributed by atoms with Crippen LogP contribution in [0, 0.1) is 0 Å². The molecule has 2 atom stereocenters. The van der Waals surface area contributed by atoms with Crippen LogP contribution in [0.2, 0.25) is 0 Å². The lowest BCUT2D eigenvalue weighted by Gasteiger charge is -2.06. The minimum absolute atomic E-state index is 0.221. The first kappa shape index (κ1) is 10.5. The number of hydrogen-bond donors (Lipinski definition) is 4. The summed E-state index contributed by atoms with van der Waals surface area (Å²) in [5, 5.41) is 17.4. The highest BCUT2D eigenvalue weighted by molar-refractivity contribution is 8.76. The van der Waals surface area contributed by atoms with Crippen LogP contribution in [0.25, 0.3) is 0 Å². The molecule has 0 rings (SSSR count). The Hall–Kier alpha value is 0.540. The van der Waals surface area contributed by atoms with E-state index in [1.54, 1.807) is 0 Å². The second kappa shape index (κ2) is 6.26. The zero-order valence-corrected chi connectivity index (χ0v) is 7.07. The highest BCUT2D eigenvalue weighted by Crippen LogP contribution is 2.24. The first-order valence-electron chi connectivity index (χ1n) is 2.77. The van der Waals surface area contributed by atoms with Gasteiger partial charge in [-0.1, -0.05) is 21.6 Å². The summed E-state index contributed by atoms with van der Waals surface area (Å²) in [5.41, 5.74) is 9.57. The Labute approximate surface area is 67.7 Å². The summed E-state index contributed by atoms with van der Waals surface area (Å²) < 4.78 is 0. The Morgan fingerprint density at radius 3 is 2.40 bits per heavy atom. The summed E-state index contributed by atoms with van der Waals surface area (Å²) >= 11 is 0. The van der Waals surface area contributed by atoms with Crippen molar-refractivity contribution in [2.45, 2.75) is 11.7 Å². The molecular weight excluding hydrogens is 172 g/mol. The molecule has 0 fully saturated rings. The van der Waals surface area contributed by atoms with Crippen LogP contribution in [-0.2, 0) is 0 Å². The van der Waals surface area contributed by atoms with E-state index in [2.05, 4.69) is 0 Å². The van der Waals surface area contributed by atoms with Crippen molar-refractivity contribution in [3.05, 3.63) is 0 Å². The summed E-state index contributed by atoms with van der Waals surface area (Å²) in [6.07, 6.45) is -0.817. The highest BCUT2D eigenvalue weighted by Gasteiger charge is 2.02. The van der Waals surface area contributed by atoms with Crippen LogP contribution in [0.3, 0.4) is 0 Å². The molecule has 0 aromatic carbocycles. The first-order valence-corrected chi connectivity index (χ1v) is 5.15. The minimum Gasteiger partial charge on any atom is -0.380 e. The van der Waals surface area contributed by atoms with Gasteiger partial charge in [0.2, 0.25) is 0 Å². The monoisotopic (exact) mass is 184 g/mol. The predicted octanol–water partition coefficient (Wildman–Crippen LogP) is -1.08. The van der Waals surface area contributed by atoms with Crippen molar-refractivity contribution in [2.24, 2.45) is 11.5 Å². The van der Waals surface area contributed by atoms with E-state index in [9.17, 15) is 0 Å². The minimum atomic E-state index is -0.817. The van der Waals surface area contributed by atoms with E-state index in [1.807, 2.05) is 0 Å². The van der Waals surface area contributed by atoms with Gasteiger partial charge in [-0.2, -0.15) is 0 Å². The highest BCUT2D eigenvalue weighted by atomic mass is 33.1. The Balaban J connectivity index is 3.03. The number of nitrogens with two attached hydrogens (primary N) is 2. The molecule has 0 aromatic heterocycles. The molecule has 6 N–H and O–H groups in total. The van der Waals surface area contributed by atoms with Crippen LogP contribution in [-0.4, -0.2) is 34.2 Å². The van der Waals surface area contributed by atoms with Crippen molar-refractivity contribution in [1.29, 1.82) is 0 Å². The Morgan fingerprint density at radius 2 is 2.00 bits per heavy atom. The van der Waals surface area contributed by atoms with Gasteiger partial charge in [0.05, 0.1) is 0 Å². The maximum Gasteiger partial charge on any atom is 0.121 e. The molecule has 0 radical (unpaired) electrons. The number of aliphatic hydroxyl groups excluding tert-OH is 2. The molecule has 0 saturated carbocycles. The van der Waals surface area contributed by atoms with Gasteiger partial charge in [0.25, 0.3) is 0 Å². The van der Waals surface area contributed by atoms with Crippen molar-refractivity contribution in [3.8, 4) is 0 Å². The smallest absolute Gasteiger partial charge is 0.121 e. The molecule has 0 saturated heterocycles. The van der Waals surface area contributed by atoms with Crippen molar-refractivity contribution in [3.63, 3.8) is 0 Å². The Kier molecular flexibility index (Phi) is 6.60. The van der Waals surface area contributed by atoms with Gasteiger partial charge in [0.15, 0.2) is 0 Å². The second-order valence-corrected chi connectivity index (χ2v) is 4.23. The molecule has 0 amide bonds. The van der Waals surface area contributed by atoms with Gasteiger partial charge in [-0.05, 0) is 0 Å². The third-order valence-electron chi connectivity index (χ3n) is 0.620. The number of hydrogen-bond acceptors (Lipinski definition) is 6. The summed E-state index contributed by atoms with van der Waals surface area (Å²) in [7, 11) is 2.52. The quantitative estimate of drug-likeness (QED) is 0.321. The molecule has 0 aromatic rings. The van der Waals surface area contributed by atoms with Gasteiger partial charge in [-0.15, -0.1) is 0 Å². The van der Waals surface area contributed by atoms with E-state index < -0.39 is 11.7 Å². The molecule has 0 aliphatic carbocycles. The van der Waals surface area contributed by atoms with Crippen molar-refractivity contribution < 1.29 is 10.2 Å². The zero-order chi connectivity index (χ0) is 7.98. The molecule has 0 aliphatic rings. The van der Waals surface area contributed by atoms with Crippen LogP contribution in [0.4, 0.5) is 0 Å². The van der Waals surface area contributed by atoms with Crippen LogP contribution in [0.5, 0.6) is 0 Å². The van der Waals surface area contributed by atoms with E-state index in [0.29, 0.717) is 5.75 Å². The largest absolute Gasteiger partial charge is 0.380 e. The average molecular weight is 184 g/mol. The second-order valence-electron chi connectivity index (χ2n) is 1.64. The molecule has 10 heavy (non-hydrogen) atoms. The summed E-state index contributed by atoms with van der Waals surface area (Å²) in [6, 6.07) is 0. The fourth-order valence-corrected chi connectivity index (χ4v) is 2.04. The van der Waals surface area contributed by atoms with E-state index in [-0.39, 0.29) is 6.54 Å². The number of rotatable bonds is 5. The molecule has 2 unspecified atom stereocenters. The van der Waals surface area contributed by atoms with Crippen molar-refractivity contribution in [2.75, 3.05) is 12.3 Å². The van der Waals surface area contributed by atoms with Crippen molar-refractivity contribution in [1.82, 2.24) is 0 Å². The molecular formula is C4H12N2O2S2. The topological polar surface area (TPSA) is 92.5 Å². The molecule has 6 heteroatoms. The van der Waals surface area contributed by atoms with Crippen LogP contribution >= 0.6 is 21.6 Å². The summed E-state index contributed by atoms with van der Waals surface area (Å²) in [4.78, 5) is 0. The Bertz CT molecular complexity index is 83.7. The van der Waals surface area contributed by atoms with Gasteiger partial charge in [-0.25, -0.2) is 0 Å². The lowest BCUT2D eigenvalue weighted by Crippen LogP contribution is -2.21. The fraction of sp³-hybridized carbons (Fsp3) is 1.00. The lowest BCUT2D eigenvalue weighted by atomic mass is 10.7. The maximum absolute atomic E-state index is 8.87. The zero-order valence-electron chi connectivity index (χ0n) is 5.43. The van der Waals surface area contributed by atoms with Gasteiger partial charge >= 0.3 is 0 Å². The third-order valence-corrected chi connectivity index (χ3v) is 3.13. The Morgan fingerprint density at radius 1 is 1.40 bits per heavy atom. The molecule has 62 valence electrons.